The zero-order valence-electron chi connectivity index (χ0n) is 4.79. The number of hydrogen-bond donors (Lipinski definition) is 2. The number of rotatable bonds is 3. The summed E-state index contributed by atoms with van der Waals surface area (Å²) in [6.45, 7) is 1.84. The molecule has 0 aromatic carbocycles. The molecule has 1 atom stereocenters. The van der Waals surface area contributed by atoms with Crippen molar-refractivity contribution >= 4 is 18.6 Å². The second kappa shape index (κ2) is 3.78. The van der Waals surface area contributed by atoms with Crippen LogP contribution in [-0.4, -0.2) is 16.8 Å². The molecule has 48 valence electrons. The molecule has 1 N–H and O–H groups in total. The third-order valence-electron chi connectivity index (χ3n) is 1.06. The molecule has 2 nitrogen and oxygen atoms in total. The van der Waals surface area contributed by atoms with Gasteiger partial charge in [-0.25, -0.2) is 0 Å². The highest BCUT2D eigenvalue weighted by Gasteiger charge is 2.10. The van der Waals surface area contributed by atoms with E-state index in [9.17, 15) is 4.79 Å². The lowest BCUT2D eigenvalue weighted by Crippen LogP contribution is -2.13. The van der Waals surface area contributed by atoms with E-state index < -0.39 is 5.97 Å². The van der Waals surface area contributed by atoms with E-state index in [2.05, 4.69) is 12.6 Å². The maximum absolute atomic E-state index is 10.1. The number of carbonyl (C=O) groups is 1. The maximum Gasteiger partial charge on any atom is 0.307 e. The van der Waals surface area contributed by atoms with E-state index in [0.717, 1.165) is 0 Å². The number of hydrogen-bond acceptors (Lipinski definition) is 2. The summed E-state index contributed by atoms with van der Waals surface area (Å²) in [5.74, 6) is -0.577. The first-order valence-corrected chi connectivity index (χ1v) is 3.19. The van der Waals surface area contributed by atoms with Crippen LogP contribution in [0, 0.1) is 5.92 Å². The highest BCUT2D eigenvalue weighted by molar-refractivity contribution is 7.80. The van der Waals surface area contributed by atoms with Gasteiger partial charge < -0.3 is 5.11 Å². The molecule has 8 heavy (non-hydrogen) atoms. The van der Waals surface area contributed by atoms with Crippen molar-refractivity contribution < 1.29 is 9.90 Å². The fourth-order valence-electron chi connectivity index (χ4n) is 0.382. The summed E-state index contributed by atoms with van der Waals surface area (Å²) in [6, 6.07) is 0. The Morgan fingerprint density at radius 1 is 1.88 bits per heavy atom. The van der Waals surface area contributed by atoms with Crippen LogP contribution in [0.4, 0.5) is 0 Å². The van der Waals surface area contributed by atoms with Crippen molar-refractivity contribution in [1.29, 1.82) is 0 Å². The zero-order chi connectivity index (χ0) is 6.57. The summed E-state index contributed by atoms with van der Waals surface area (Å²) in [5, 5.41) is 8.32. The van der Waals surface area contributed by atoms with Crippen molar-refractivity contribution in [3.05, 3.63) is 0 Å². The Kier molecular flexibility index (Phi) is 3.69. The molecule has 0 saturated heterocycles. The summed E-state index contributed by atoms with van der Waals surface area (Å²) in [6.07, 6.45) is 0.666. The van der Waals surface area contributed by atoms with Gasteiger partial charge in [0.15, 0.2) is 0 Å². The van der Waals surface area contributed by atoms with Crippen LogP contribution in [0.2, 0.25) is 0 Å². The Morgan fingerprint density at radius 3 is 2.38 bits per heavy atom. The number of thiol groups is 1. The average molecular weight is 134 g/mol. The van der Waals surface area contributed by atoms with E-state index in [4.69, 9.17) is 5.11 Å². The lowest BCUT2D eigenvalue weighted by atomic mass is 10.1. The highest BCUT2D eigenvalue weighted by Crippen LogP contribution is 2.03. The first kappa shape index (κ1) is 7.82. The molecule has 0 spiro atoms. The third kappa shape index (κ3) is 2.21. The maximum atomic E-state index is 10.1. The Balaban J connectivity index is 3.52. The van der Waals surface area contributed by atoms with Gasteiger partial charge in [-0.2, -0.15) is 12.6 Å². The van der Waals surface area contributed by atoms with Crippen LogP contribution in [0.1, 0.15) is 13.3 Å². The minimum Gasteiger partial charge on any atom is -0.481 e. The third-order valence-corrected chi connectivity index (χ3v) is 1.50. The lowest BCUT2D eigenvalue weighted by Gasteiger charge is -2.02. The molecule has 0 amide bonds. The monoisotopic (exact) mass is 134 g/mol. The van der Waals surface area contributed by atoms with Crippen LogP contribution in [0.25, 0.3) is 0 Å². The van der Waals surface area contributed by atoms with Gasteiger partial charge in [-0.3, -0.25) is 4.79 Å². The predicted molar refractivity (Wildman–Crippen MR) is 35.3 cm³/mol. The summed E-state index contributed by atoms with van der Waals surface area (Å²) in [4.78, 5) is 10.1. The van der Waals surface area contributed by atoms with E-state index in [0.29, 0.717) is 12.2 Å². The van der Waals surface area contributed by atoms with Crippen LogP contribution >= 0.6 is 12.6 Å². The van der Waals surface area contributed by atoms with Gasteiger partial charge >= 0.3 is 5.97 Å². The molecular weight excluding hydrogens is 124 g/mol. The quantitative estimate of drug-likeness (QED) is 0.566. The number of carboxylic acids is 1. The molecule has 0 aliphatic rings. The van der Waals surface area contributed by atoms with Gasteiger partial charge in [-0.15, -0.1) is 0 Å². The van der Waals surface area contributed by atoms with Crippen LogP contribution in [0.15, 0.2) is 0 Å². The van der Waals surface area contributed by atoms with Crippen molar-refractivity contribution in [2.24, 2.45) is 5.92 Å². The van der Waals surface area contributed by atoms with Crippen LogP contribution in [0.3, 0.4) is 0 Å². The minimum atomic E-state index is -0.748. The Morgan fingerprint density at radius 2 is 2.38 bits per heavy atom. The standard InChI is InChI=1S/C5H10O2S/c1-2-4(3-8)5(6)7/h4,8H,2-3H2,1H3,(H,6,7)/t4-/m1/s1. The summed E-state index contributed by atoms with van der Waals surface area (Å²) >= 11 is 3.85. The molecule has 0 heterocycles. The Labute approximate surface area is 54.3 Å². The second-order valence-corrected chi connectivity index (χ2v) is 1.99. The molecule has 0 saturated carbocycles. The molecule has 3 heteroatoms. The van der Waals surface area contributed by atoms with Crippen LogP contribution < -0.4 is 0 Å². The van der Waals surface area contributed by atoms with E-state index in [-0.39, 0.29) is 5.92 Å². The largest absolute Gasteiger partial charge is 0.481 e. The molecule has 0 aliphatic carbocycles. The van der Waals surface area contributed by atoms with Gasteiger partial charge in [-0.1, -0.05) is 6.92 Å². The molecule has 0 unspecified atom stereocenters. The van der Waals surface area contributed by atoms with Gasteiger partial charge in [0.2, 0.25) is 0 Å². The molecule has 0 rings (SSSR count). The molecule has 0 aliphatic heterocycles. The van der Waals surface area contributed by atoms with Gasteiger partial charge in [0.05, 0.1) is 5.92 Å². The van der Waals surface area contributed by atoms with Gasteiger partial charge in [-0.05, 0) is 6.42 Å². The number of carboxylic acid groups (broad SMARTS) is 1. The summed E-state index contributed by atoms with van der Waals surface area (Å²) < 4.78 is 0. The fraction of sp³-hybridized carbons (Fsp3) is 0.800. The van der Waals surface area contributed by atoms with E-state index in [1.807, 2.05) is 6.92 Å². The van der Waals surface area contributed by atoms with Crippen molar-refractivity contribution in [1.82, 2.24) is 0 Å². The summed E-state index contributed by atoms with van der Waals surface area (Å²) in [5.41, 5.74) is 0. The molecule has 0 aromatic rings. The minimum absolute atomic E-state index is 0.265. The first-order chi connectivity index (χ1) is 3.72. The molecular formula is C5H10O2S. The highest BCUT2D eigenvalue weighted by atomic mass is 32.1. The van der Waals surface area contributed by atoms with Gasteiger partial charge in [0.1, 0.15) is 0 Å². The Bertz CT molecular complexity index is 78.5. The zero-order valence-corrected chi connectivity index (χ0v) is 5.69. The van der Waals surface area contributed by atoms with E-state index >= 15 is 0 Å². The SMILES string of the molecule is CC[C@H](CS)C(=O)O. The average Bonchev–Trinajstić information content (AvgIpc) is 1.69. The smallest absolute Gasteiger partial charge is 0.307 e. The van der Waals surface area contributed by atoms with Gasteiger partial charge in [0, 0.05) is 5.75 Å². The lowest BCUT2D eigenvalue weighted by molar-refractivity contribution is -0.140. The van der Waals surface area contributed by atoms with Crippen LogP contribution in [0.5, 0.6) is 0 Å². The topological polar surface area (TPSA) is 37.3 Å². The number of aliphatic carboxylic acids is 1. The fourth-order valence-corrected chi connectivity index (χ4v) is 0.796. The van der Waals surface area contributed by atoms with E-state index in [1.165, 1.54) is 0 Å². The molecule has 0 aromatic heterocycles. The van der Waals surface area contributed by atoms with Crippen molar-refractivity contribution in [3.8, 4) is 0 Å². The van der Waals surface area contributed by atoms with E-state index in [1.54, 1.807) is 0 Å². The van der Waals surface area contributed by atoms with Crippen molar-refractivity contribution in [2.75, 3.05) is 5.75 Å². The van der Waals surface area contributed by atoms with Crippen molar-refractivity contribution in [2.45, 2.75) is 13.3 Å². The first-order valence-electron chi connectivity index (χ1n) is 2.56. The van der Waals surface area contributed by atoms with Gasteiger partial charge in [0.25, 0.3) is 0 Å². The predicted octanol–water partition coefficient (Wildman–Crippen LogP) is 1.03. The summed E-state index contributed by atoms with van der Waals surface area (Å²) in [7, 11) is 0. The second-order valence-electron chi connectivity index (χ2n) is 1.63. The Hall–Kier alpha value is -0.180. The molecule has 0 radical (unpaired) electrons. The molecule has 0 fully saturated rings. The normalized spacial score (nSPS) is 13.2. The van der Waals surface area contributed by atoms with Crippen molar-refractivity contribution in [3.63, 3.8) is 0 Å². The van der Waals surface area contributed by atoms with Crippen LogP contribution in [-0.2, 0) is 4.79 Å². The molecule has 0 bridgehead atoms.